The Morgan fingerprint density at radius 2 is 2.05 bits per heavy atom. The summed E-state index contributed by atoms with van der Waals surface area (Å²) >= 11 is 6.21. The SMILES string of the molecule is CC(C)(C(NN)c1cc(F)ccc1Cl)N1CCOCC1. The Morgan fingerprint density at radius 1 is 1.40 bits per heavy atom. The predicted molar refractivity (Wildman–Crippen MR) is 77.9 cm³/mol. The van der Waals surface area contributed by atoms with Crippen molar-refractivity contribution in [2.24, 2.45) is 5.84 Å². The number of benzene rings is 1. The van der Waals surface area contributed by atoms with Gasteiger partial charge in [-0.3, -0.25) is 16.2 Å². The maximum atomic E-state index is 13.5. The minimum Gasteiger partial charge on any atom is -0.379 e. The molecule has 6 heteroatoms. The Kier molecular flexibility index (Phi) is 4.99. The molecule has 1 aromatic rings. The van der Waals surface area contributed by atoms with Crippen molar-refractivity contribution in [3.8, 4) is 0 Å². The molecule has 0 amide bonds. The highest BCUT2D eigenvalue weighted by atomic mass is 35.5. The van der Waals surface area contributed by atoms with Crippen molar-refractivity contribution in [2.75, 3.05) is 26.3 Å². The normalized spacial score (nSPS) is 19.1. The molecule has 1 aliphatic heterocycles. The first-order valence-corrected chi connectivity index (χ1v) is 7.08. The summed E-state index contributed by atoms with van der Waals surface area (Å²) in [7, 11) is 0. The van der Waals surface area contributed by atoms with Gasteiger partial charge in [0.15, 0.2) is 0 Å². The van der Waals surface area contributed by atoms with Crippen molar-refractivity contribution in [1.29, 1.82) is 0 Å². The Morgan fingerprint density at radius 3 is 2.65 bits per heavy atom. The third-order valence-corrected chi connectivity index (χ3v) is 4.31. The first-order chi connectivity index (χ1) is 9.46. The van der Waals surface area contributed by atoms with E-state index in [1.165, 1.54) is 12.1 Å². The highest BCUT2D eigenvalue weighted by Gasteiger charge is 2.37. The summed E-state index contributed by atoms with van der Waals surface area (Å²) < 4.78 is 18.9. The van der Waals surface area contributed by atoms with Crippen LogP contribution in [0, 0.1) is 5.82 Å². The lowest BCUT2D eigenvalue weighted by Gasteiger charge is -2.45. The minimum atomic E-state index is -0.317. The molecule has 0 aromatic heterocycles. The summed E-state index contributed by atoms with van der Waals surface area (Å²) in [6, 6.07) is 4.08. The number of ether oxygens (including phenoxy) is 1. The molecule has 0 aliphatic carbocycles. The first-order valence-electron chi connectivity index (χ1n) is 6.70. The van der Waals surface area contributed by atoms with Crippen LogP contribution in [0.15, 0.2) is 18.2 Å². The van der Waals surface area contributed by atoms with E-state index in [2.05, 4.69) is 24.2 Å². The zero-order valence-electron chi connectivity index (χ0n) is 11.8. The maximum Gasteiger partial charge on any atom is 0.123 e. The fourth-order valence-electron chi connectivity index (χ4n) is 2.73. The van der Waals surface area contributed by atoms with Crippen LogP contribution >= 0.6 is 11.6 Å². The smallest absolute Gasteiger partial charge is 0.123 e. The highest BCUT2D eigenvalue weighted by Crippen LogP contribution is 2.35. The zero-order chi connectivity index (χ0) is 14.8. The minimum absolute atomic E-state index is 0.274. The molecular weight excluding hydrogens is 281 g/mol. The van der Waals surface area contributed by atoms with Crippen LogP contribution in [-0.2, 0) is 4.74 Å². The van der Waals surface area contributed by atoms with Crippen molar-refractivity contribution in [1.82, 2.24) is 10.3 Å². The van der Waals surface area contributed by atoms with Gasteiger partial charge in [-0.05, 0) is 37.6 Å². The molecule has 4 nitrogen and oxygen atoms in total. The van der Waals surface area contributed by atoms with Crippen LogP contribution in [0.4, 0.5) is 4.39 Å². The average Bonchev–Trinajstić information content (AvgIpc) is 2.44. The number of hydrogen-bond donors (Lipinski definition) is 2. The molecule has 1 aromatic carbocycles. The van der Waals surface area contributed by atoms with E-state index in [9.17, 15) is 4.39 Å². The van der Waals surface area contributed by atoms with Gasteiger partial charge in [0.1, 0.15) is 5.82 Å². The topological polar surface area (TPSA) is 50.5 Å². The molecule has 112 valence electrons. The van der Waals surface area contributed by atoms with E-state index in [0.29, 0.717) is 23.8 Å². The van der Waals surface area contributed by atoms with Crippen LogP contribution in [0.5, 0.6) is 0 Å². The van der Waals surface area contributed by atoms with Crippen molar-refractivity contribution < 1.29 is 9.13 Å². The van der Waals surface area contributed by atoms with Crippen LogP contribution in [-0.4, -0.2) is 36.7 Å². The quantitative estimate of drug-likeness (QED) is 0.660. The van der Waals surface area contributed by atoms with Crippen molar-refractivity contribution in [2.45, 2.75) is 25.4 Å². The molecule has 1 heterocycles. The summed E-state index contributed by atoms with van der Waals surface area (Å²) in [6.07, 6.45) is 0. The van der Waals surface area contributed by atoms with Crippen molar-refractivity contribution >= 4 is 11.6 Å². The molecule has 0 spiro atoms. The molecule has 1 unspecified atom stereocenters. The van der Waals surface area contributed by atoms with Gasteiger partial charge in [-0.2, -0.15) is 0 Å². The van der Waals surface area contributed by atoms with Crippen molar-refractivity contribution in [3.05, 3.63) is 34.6 Å². The second-order valence-corrected chi connectivity index (χ2v) is 5.93. The fraction of sp³-hybridized carbons (Fsp3) is 0.571. The number of hydrogen-bond acceptors (Lipinski definition) is 4. The number of nitrogens with two attached hydrogens (primary N) is 1. The maximum absolute atomic E-state index is 13.5. The third-order valence-electron chi connectivity index (χ3n) is 3.97. The van der Waals surface area contributed by atoms with Gasteiger partial charge < -0.3 is 4.74 Å². The number of rotatable bonds is 4. The first kappa shape index (κ1) is 15.7. The number of nitrogens with one attached hydrogen (secondary N) is 1. The Bertz CT molecular complexity index is 464. The molecule has 1 atom stereocenters. The number of hydrazine groups is 1. The highest BCUT2D eigenvalue weighted by molar-refractivity contribution is 6.31. The second-order valence-electron chi connectivity index (χ2n) is 5.52. The fourth-order valence-corrected chi connectivity index (χ4v) is 2.96. The van der Waals surface area contributed by atoms with E-state index in [1.807, 2.05) is 0 Å². The summed E-state index contributed by atoms with van der Waals surface area (Å²) in [5.41, 5.74) is 3.15. The monoisotopic (exact) mass is 301 g/mol. The summed E-state index contributed by atoms with van der Waals surface area (Å²) in [4.78, 5) is 2.28. The van der Waals surface area contributed by atoms with Crippen LogP contribution in [0.3, 0.4) is 0 Å². The van der Waals surface area contributed by atoms with Gasteiger partial charge in [0.2, 0.25) is 0 Å². The largest absolute Gasteiger partial charge is 0.379 e. The number of halogens is 2. The Hall–Kier alpha value is -0.720. The molecule has 1 saturated heterocycles. The Labute approximate surface area is 124 Å². The summed E-state index contributed by atoms with van der Waals surface area (Å²) in [5.74, 6) is 5.41. The van der Waals surface area contributed by atoms with E-state index in [4.69, 9.17) is 22.2 Å². The molecule has 0 saturated carbocycles. The van der Waals surface area contributed by atoms with E-state index in [1.54, 1.807) is 6.07 Å². The molecule has 1 fully saturated rings. The van der Waals surface area contributed by atoms with Crippen LogP contribution < -0.4 is 11.3 Å². The molecule has 1 aliphatic rings. The molecular formula is C14H21ClFN3O. The van der Waals surface area contributed by atoms with Crippen molar-refractivity contribution in [3.63, 3.8) is 0 Å². The number of nitrogens with zero attached hydrogens (tertiary/aromatic N) is 1. The summed E-state index contributed by atoms with van der Waals surface area (Å²) in [5, 5.41) is 0.510. The van der Waals surface area contributed by atoms with Gasteiger partial charge in [-0.25, -0.2) is 4.39 Å². The molecule has 2 rings (SSSR count). The third kappa shape index (κ3) is 3.13. The lowest BCUT2D eigenvalue weighted by Crippen LogP contribution is -2.57. The van der Waals surface area contributed by atoms with Gasteiger partial charge >= 0.3 is 0 Å². The summed E-state index contributed by atoms with van der Waals surface area (Å²) in [6.45, 7) is 7.17. The van der Waals surface area contributed by atoms with E-state index in [0.717, 1.165) is 13.1 Å². The Balaban J connectivity index is 2.32. The van der Waals surface area contributed by atoms with Crippen LogP contribution in [0.25, 0.3) is 0 Å². The zero-order valence-corrected chi connectivity index (χ0v) is 12.6. The average molecular weight is 302 g/mol. The lowest BCUT2D eigenvalue weighted by atomic mass is 9.87. The van der Waals surface area contributed by atoms with Gasteiger partial charge in [0, 0.05) is 23.7 Å². The lowest BCUT2D eigenvalue weighted by molar-refractivity contribution is -0.0238. The van der Waals surface area contributed by atoms with Crippen LogP contribution in [0.1, 0.15) is 25.5 Å². The number of morpholine rings is 1. The molecule has 3 N–H and O–H groups in total. The standard InChI is InChI=1S/C14H21ClFN3O/c1-14(2,19-5-7-20-8-6-19)13(18-17)11-9-10(16)3-4-12(11)15/h3-4,9,13,18H,5-8,17H2,1-2H3. The molecule has 0 bridgehead atoms. The van der Waals surface area contributed by atoms with Gasteiger partial charge in [0.05, 0.1) is 19.3 Å². The van der Waals surface area contributed by atoms with Gasteiger partial charge in [0.25, 0.3) is 0 Å². The van der Waals surface area contributed by atoms with E-state index >= 15 is 0 Å². The molecule has 0 radical (unpaired) electrons. The van der Waals surface area contributed by atoms with E-state index in [-0.39, 0.29) is 17.4 Å². The van der Waals surface area contributed by atoms with Crippen LogP contribution in [0.2, 0.25) is 5.02 Å². The van der Waals surface area contributed by atoms with E-state index < -0.39 is 0 Å². The van der Waals surface area contributed by atoms with Gasteiger partial charge in [-0.15, -0.1) is 0 Å². The second kappa shape index (κ2) is 6.37. The van der Waals surface area contributed by atoms with Gasteiger partial charge in [-0.1, -0.05) is 11.6 Å². The predicted octanol–water partition coefficient (Wildman–Crippen LogP) is 2.09. The molecule has 20 heavy (non-hydrogen) atoms.